The van der Waals surface area contributed by atoms with E-state index in [0.717, 1.165) is 18.1 Å². The molecule has 0 saturated carbocycles. The van der Waals surface area contributed by atoms with Crippen molar-refractivity contribution >= 4 is 11.6 Å². The van der Waals surface area contributed by atoms with Gasteiger partial charge < -0.3 is 4.74 Å². The maximum atomic E-state index is 6.19. The van der Waals surface area contributed by atoms with E-state index in [1.54, 1.807) is 0 Å². The molecular formula is C12H13ClO. The molecule has 1 aliphatic carbocycles. The van der Waals surface area contributed by atoms with Gasteiger partial charge in [0.05, 0.1) is 12.2 Å². The number of ether oxygens (including phenoxy) is 1. The first-order valence-corrected chi connectivity index (χ1v) is 5.61. The Kier molecular flexibility index (Phi) is 1.86. The van der Waals surface area contributed by atoms with Crippen LogP contribution in [0.15, 0.2) is 18.2 Å². The highest BCUT2D eigenvalue weighted by Gasteiger charge is 2.43. The van der Waals surface area contributed by atoms with Crippen molar-refractivity contribution in [1.29, 1.82) is 0 Å². The van der Waals surface area contributed by atoms with E-state index in [-0.39, 0.29) is 5.60 Å². The van der Waals surface area contributed by atoms with E-state index in [9.17, 15) is 0 Å². The van der Waals surface area contributed by atoms with Gasteiger partial charge in [0.1, 0.15) is 0 Å². The minimum absolute atomic E-state index is 0.0402. The van der Waals surface area contributed by atoms with Crippen LogP contribution in [0.25, 0.3) is 0 Å². The van der Waals surface area contributed by atoms with Crippen molar-refractivity contribution in [2.75, 3.05) is 6.61 Å². The molecule has 1 heterocycles. The third-order valence-corrected chi connectivity index (χ3v) is 3.86. The van der Waals surface area contributed by atoms with Gasteiger partial charge in [0.2, 0.25) is 0 Å². The van der Waals surface area contributed by atoms with Crippen LogP contribution in [0.2, 0.25) is 5.02 Å². The normalized spacial score (nSPS) is 29.8. The van der Waals surface area contributed by atoms with E-state index in [1.807, 2.05) is 12.1 Å². The molecule has 0 bridgehead atoms. The molecule has 1 aromatic carbocycles. The van der Waals surface area contributed by atoms with Crippen LogP contribution in [-0.4, -0.2) is 6.61 Å². The average molecular weight is 209 g/mol. The summed E-state index contributed by atoms with van der Waals surface area (Å²) in [6, 6.07) is 6.20. The third-order valence-electron chi connectivity index (χ3n) is 3.50. The number of benzene rings is 1. The first-order chi connectivity index (χ1) is 6.82. The summed E-state index contributed by atoms with van der Waals surface area (Å²) in [6.07, 6.45) is 4.65. The molecular weight excluding hydrogens is 196 g/mol. The summed E-state index contributed by atoms with van der Waals surface area (Å²) in [4.78, 5) is 0. The molecule has 0 N–H and O–H groups in total. The summed E-state index contributed by atoms with van der Waals surface area (Å²) in [5.41, 5.74) is 2.71. The lowest BCUT2D eigenvalue weighted by Crippen LogP contribution is -2.43. The van der Waals surface area contributed by atoms with Gasteiger partial charge in [-0.2, -0.15) is 0 Å². The van der Waals surface area contributed by atoms with E-state index in [4.69, 9.17) is 16.3 Å². The molecule has 1 aliphatic heterocycles. The molecule has 1 spiro atoms. The zero-order valence-corrected chi connectivity index (χ0v) is 8.81. The second kappa shape index (κ2) is 2.98. The standard InChI is InChI=1S/C12H13ClO/c13-11-5-1-4-10-9(11)3-2-6-12(10)7-8-14-12/h1,4-5H,2-3,6-8H2. The third kappa shape index (κ3) is 1.06. The number of rotatable bonds is 0. The van der Waals surface area contributed by atoms with Crippen LogP contribution >= 0.6 is 11.6 Å². The highest BCUT2D eigenvalue weighted by molar-refractivity contribution is 6.31. The number of fused-ring (bicyclic) bond motifs is 2. The van der Waals surface area contributed by atoms with E-state index in [2.05, 4.69) is 6.07 Å². The molecule has 0 amide bonds. The Morgan fingerprint density at radius 2 is 2.14 bits per heavy atom. The van der Waals surface area contributed by atoms with Gasteiger partial charge in [-0.05, 0) is 36.5 Å². The molecule has 2 heteroatoms. The van der Waals surface area contributed by atoms with Gasteiger partial charge in [0.25, 0.3) is 0 Å². The van der Waals surface area contributed by atoms with Crippen LogP contribution in [-0.2, 0) is 16.8 Å². The van der Waals surface area contributed by atoms with E-state index in [0.29, 0.717) is 0 Å². The van der Waals surface area contributed by atoms with Crippen molar-refractivity contribution in [2.45, 2.75) is 31.3 Å². The fourth-order valence-electron chi connectivity index (χ4n) is 2.68. The summed E-state index contributed by atoms with van der Waals surface area (Å²) in [6.45, 7) is 0.909. The lowest BCUT2D eigenvalue weighted by Gasteiger charge is -2.46. The number of hydrogen-bond acceptors (Lipinski definition) is 1. The summed E-state index contributed by atoms with van der Waals surface area (Å²) < 4.78 is 5.78. The van der Waals surface area contributed by atoms with Crippen molar-refractivity contribution in [1.82, 2.24) is 0 Å². The fourth-order valence-corrected chi connectivity index (χ4v) is 2.95. The zero-order chi connectivity index (χ0) is 9.60. The van der Waals surface area contributed by atoms with E-state index >= 15 is 0 Å². The van der Waals surface area contributed by atoms with Crippen LogP contribution < -0.4 is 0 Å². The Morgan fingerprint density at radius 1 is 1.29 bits per heavy atom. The Balaban J connectivity index is 2.15. The van der Waals surface area contributed by atoms with Gasteiger partial charge in [0, 0.05) is 11.4 Å². The van der Waals surface area contributed by atoms with Crippen LogP contribution in [0.5, 0.6) is 0 Å². The molecule has 0 radical (unpaired) electrons. The molecule has 3 rings (SSSR count). The summed E-state index contributed by atoms with van der Waals surface area (Å²) >= 11 is 6.19. The van der Waals surface area contributed by atoms with Gasteiger partial charge in [-0.25, -0.2) is 0 Å². The van der Waals surface area contributed by atoms with Crippen molar-refractivity contribution in [3.05, 3.63) is 34.3 Å². The second-order valence-electron chi connectivity index (χ2n) is 4.21. The van der Waals surface area contributed by atoms with Crippen LogP contribution in [0.1, 0.15) is 30.4 Å². The molecule has 2 aliphatic rings. The minimum Gasteiger partial charge on any atom is -0.370 e. The first kappa shape index (κ1) is 8.75. The predicted molar refractivity (Wildman–Crippen MR) is 56.6 cm³/mol. The minimum atomic E-state index is 0.0402. The maximum Gasteiger partial charge on any atom is 0.0956 e. The van der Waals surface area contributed by atoms with Crippen molar-refractivity contribution < 1.29 is 4.74 Å². The second-order valence-corrected chi connectivity index (χ2v) is 4.62. The SMILES string of the molecule is Clc1cccc2c1CCCC21CCO1. The van der Waals surface area contributed by atoms with Crippen LogP contribution in [0.3, 0.4) is 0 Å². The first-order valence-electron chi connectivity index (χ1n) is 5.24. The molecule has 1 fully saturated rings. The van der Waals surface area contributed by atoms with Gasteiger partial charge in [-0.3, -0.25) is 0 Å². The van der Waals surface area contributed by atoms with Crippen molar-refractivity contribution in [3.63, 3.8) is 0 Å². The predicted octanol–water partition coefficient (Wildman–Crippen LogP) is 3.29. The van der Waals surface area contributed by atoms with Crippen LogP contribution in [0, 0.1) is 0 Å². The molecule has 1 aromatic rings. The van der Waals surface area contributed by atoms with Gasteiger partial charge in [-0.1, -0.05) is 23.7 Å². The van der Waals surface area contributed by atoms with Gasteiger partial charge in [-0.15, -0.1) is 0 Å². The lowest BCUT2D eigenvalue weighted by molar-refractivity contribution is -0.163. The molecule has 1 atom stereocenters. The molecule has 1 saturated heterocycles. The van der Waals surface area contributed by atoms with Crippen molar-refractivity contribution in [2.24, 2.45) is 0 Å². The zero-order valence-electron chi connectivity index (χ0n) is 8.05. The van der Waals surface area contributed by atoms with Crippen molar-refractivity contribution in [3.8, 4) is 0 Å². The van der Waals surface area contributed by atoms with Gasteiger partial charge >= 0.3 is 0 Å². The molecule has 14 heavy (non-hydrogen) atoms. The quantitative estimate of drug-likeness (QED) is 0.636. The smallest absolute Gasteiger partial charge is 0.0956 e. The summed E-state index contributed by atoms with van der Waals surface area (Å²) in [5.74, 6) is 0. The molecule has 1 unspecified atom stereocenters. The largest absolute Gasteiger partial charge is 0.370 e. The lowest BCUT2D eigenvalue weighted by atomic mass is 9.75. The molecule has 74 valence electrons. The maximum absolute atomic E-state index is 6.19. The summed E-state index contributed by atoms with van der Waals surface area (Å²) in [7, 11) is 0. The highest BCUT2D eigenvalue weighted by atomic mass is 35.5. The monoisotopic (exact) mass is 208 g/mol. The highest BCUT2D eigenvalue weighted by Crippen LogP contribution is 2.47. The topological polar surface area (TPSA) is 9.23 Å². The fraction of sp³-hybridized carbons (Fsp3) is 0.500. The summed E-state index contributed by atoms with van der Waals surface area (Å²) in [5, 5.41) is 0.914. The number of hydrogen-bond donors (Lipinski definition) is 0. The Morgan fingerprint density at radius 3 is 2.86 bits per heavy atom. The Hall–Kier alpha value is -0.530. The van der Waals surface area contributed by atoms with Crippen LogP contribution in [0.4, 0.5) is 0 Å². The van der Waals surface area contributed by atoms with E-state index < -0.39 is 0 Å². The van der Waals surface area contributed by atoms with Gasteiger partial charge in [0.15, 0.2) is 0 Å². The average Bonchev–Trinajstić information content (AvgIpc) is 2.15. The Labute approximate surface area is 89.0 Å². The number of halogens is 1. The van der Waals surface area contributed by atoms with E-state index in [1.165, 1.54) is 30.4 Å². The molecule has 1 nitrogen and oxygen atoms in total. The Bertz CT molecular complexity index is 369. The molecule has 0 aromatic heterocycles.